The van der Waals surface area contributed by atoms with Crippen molar-refractivity contribution in [1.82, 2.24) is 4.90 Å². The smallest absolute Gasteiger partial charge is 0.127 e. The lowest BCUT2D eigenvalue weighted by molar-refractivity contribution is 0.0625. The lowest BCUT2D eigenvalue weighted by Crippen LogP contribution is -2.24. The molecule has 0 atom stereocenters. The van der Waals surface area contributed by atoms with Gasteiger partial charge < -0.3 is 10.5 Å². The highest BCUT2D eigenvalue weighted by Crippen LogP contribution is 2.12. The lowest BCUT2D eigenvalue weighted by atomic mass is 10.1. The molecule has 0 unspecified atom stereocenters. The number of ether oxygens (including phenoxy) is 1. The van der Waals surface area contributed by atoms with Gasteiger partial charge in [-0.2, -0.15) is 0 Å². The van der Waals surface area contributed by atoms with Crippen LogP contribution in [-0.2, 0) is 17.8 Å². The summed E-state index contributed by atoms with van der Waals surface area (Å²) in [4.78, 5) is 2.04. The third-order valence-corrected chi connectivity index (χ3v) is 2.71. The molecule has 0 saturated heterocycles. The Morgan fingerprint density at radius 1 is 1.39 bits per heavy atom. The highest BCUT2D eigenvalue weighted by atomic mass is 19.1. The molecule has 0 aliphatic heterocycles. The Balaban J connectivity index is 2.50. The summed E-state index contributed by atoms with van der Waals surface area (Å²) in [6.45, 7) is 6.46. The maximum Gasteiger partial charge on any atom is 0.127 e. The summed E-state index contributed by atoms with van der Waals surface area (Å²) in [7, 11) is 1.96. The molecule has 0 aliphatic rings. The van der Waals surface area contributed by atoms with Crippen LogP contribution in [0, 0.1) is 5.82 Å². The summed E-state index contributed by atoms with van der Waals surface area (Å²) in [5.74, 6) is -0.177. The van der Waals surface area contributed by atoms with Crippen LogP contribution < -0.4 is 5.73 Å². The van der Waals surface area contributed by atoms with Crippen molar-refractivity contribution in [3.8, 4) is 0 Å². The van der Waals surface area contributed by atoms with Crippen molar-refractivity contribution < 1.29 is 9.13 Å². The molecule has 0 heterocycles. The molecular weight excluding hydrogens is 231 g/mol. The topological polar surface area (TPSA) is 38.5 Å². The molecule has 2 N–H and O–H groups in total. The molecule has 3 nitrogen and oxygen atoms in total. The standard InChI is InChI=1S/C14H23FN2O/c1-11(2)18-7-6-17(3)10-13-8-12(9-16)4-5-14(13)15/h4-5,8,11H,6-7,9-10,16H2,1-3H3. The zero-order valence-corrected chi connectivity index (χ0v) is 11.4. The highest BCUT2D eigenvalue weighted by Gasteiger charge is 2.07. The van der Waals surface area contributed by atoms with Crippen LogP contribution in [0.1, 0.15) is 25.0 Å². The number of rotatable bonds is 7. The number of benzene rings is 1. The van der Waals surface area contributed by atoms with Crippen LogP contribution in [0.25, 0.3) is 0 Å². The van der Waals surface area contributed by atoms with Crippen molar-refractivity contribution in [3.05, 3.63) is 35.1 Å². The SMILES string of the molecule is CC(C)OCCN(C)Cc1cc(CN)ccc1F. The summed E-state index contributed by atoms with van der Waals surface area (Å²) in [6, 6.07) is 5.03. The molecule has 0 spiro atoms. The number of nitrogens with two attached hydrogens (primary N) is 1. The van der Waals surface area contributed by atoms with E-state index in [0.717, 1.165) is 12.1 Å². The van der Waals surface area contributed by atoms with Crippen LogP contribution in [0.2, 0.25) is 0 Å². The molecule has 0 fully saturated rings. The molecule has 0 bridgehead atoms. The Labute approximate surface area is 109 Å². The second-order valence-corrected chi connectivity index (χ2v) is 4.79. The van der Waals surface area contributed by atoms with E-state index in [9.17, 15) is 4.39 Å². The van der Waals surface area contributed by atoms with Crippen LogP contribution in [0.3, 0.4) is 0 Å². The summed E-state index contributed by atoms with van der Waals surface area (Å²) >= 11 is 0. The zero-order chi connectivity index (χ0) is 13.5. The molecule has 0 amide bonds. The Kier molecular flexibility index (Phi) is 6.25. The van der Waals surface area contributed by atoms with Crippen molar-refractivity contribution in [2.24, 2.45) is 5.73 Å². The number of likely N-dealkylation sites (N-methyl/N-ethyl adjacent to an activating group) is 1. The average molecular weight is 254 g/mol. The minimum Gasteiger partial charge on any atom is -0.377 e. The van der Waals surface area contributed by atoms with E-state index in [1.807, 2.05) is 31.9 Å². The van der Waals surface area contributed by atoms with Crippen LogP contribution >= 0.6 is 0 Å². The molecular formula is C14H23FN2O. The monoisotopic (exact) mass is 254 g/mol. The van der Waals surface area contributed by atoms with Gasteiger partial charge in [0.05, 0.1) is 12.7 Å². The van der Waals surface area contributed by atoms with Gasteiger partial charge in [-0.15, -0.1) is 0 Å². The van der Waals surface area contributed by atoms with Crippen molar-refractivity contribution in [1.29, 1.82) is 0 Å². The molecule has 1 rings (SSSR count). The van der Waals surface area contributed by atoms with Crippen LogP contribution in [0.15, 0.2) is 18.2 Å². The first-order valence-corrected chi connectivity index (χ1v) is 6.30. The molecule has 102 valence electrons. The summed E-state index contributed by atoms with van der Waals surface area (Å²) in [5.41, 5.74) is 7.20. The Hall–Kier alpha value is -0.970. The third-order valence-electron chi connectivity index (χ3n) is 2.71. The quantitative estimate of drug-likeness (QED) is 0.810. The van der Waals surface area contributed by atoms with Gasteiger partial charge in [0.2, 0.25) is 0 Å². The molecule has 1 aromatic carbocycles. The van der Waals surface area contributed by atoms with Gasteiger partial charge in [0.15, 0.2) is 0 Å². The summed E-state index contributed by atoms with van der Waals surface area (Å²) < 4.78 is 19.1. The van der Waals surface area contributed by atoms with Gasteiger partial charge in [0.25, 0.3) is 0 Å². The van der Waals surface area contributed by atoms with Crippen LogP contribution in [-0.4, -0.2) is 31.2 Å². The van der Waals surface area contributed by atoms with E-state index in [1.54, 1.807) is 6.07 Å². The van der Waals surface area contributed by atoms with E-state index in [1.165, 1.54) is 6.07 Å². The van der Waals surface area contributed by atoms with E-state index in [-0.39, 0.29) is 11.9 Å². The molecule has 18 heavy (non-hydrogen) atoms. The average Bonchev–Trinajstić information content (AvgIpc) is 2.31. The summed E-state index contributed by atoms with van der Waals surface area (Å²) in [6.07, 6.45) is 0.232. The maximum absolute atomic E-state index is 13.6. The van der Waals surface area contributed by atoms with Crippen LogP contribution in [0.4, 0.5) is 4.39 Å². The first kappa shape index (κ1) is 15.1. The lowest BCUT2D eigenvalue weighted by Gasteiger charge is -2.18. The van der Waals surface area contributed by atoms with Gasteiger partial charge in [0.1, 0.15) is 5.82 Å². The third kappa shape index (κ3) is 5.12. The minimum atomic E-state index is -0.177. The van der Waals surface area contributed by atoms with Crippen molar-refractivity contribution in [2.45, 2.75) is 33.0 Å². The predicted molar refractivity (Wildman–Crippen MR) is 71.7 cm³/mol. The second-order valence-electron chi connectivity index (χ2n) is 4.79. The van der Waals surface area contributed by atoms with Gasteiger partial charge in [-0.3, -0.25) is 4.90 Å². The molecule has 4 heteroatoms. The number of halogens is 1. The van der Waals surface area contributed by atoms with E-state index < -0.39 is 0 Å². The van der Waals surface area contributed by atoms with E-state index in [0.29, 0.717) is 25.3 Å². The fourth-order valence-electron chi connectivity index (χ4n) is 1.69. The molecule has 1 aromatic rings. The Bertz CT molecular complexity index is 369. The van der Waals surface area contributed by atoms with Gasteiger partial charge in [-0.25, -0.2) is 4.39 Å². The van der Waals surface area contributed by atoms with E-state index >= 15 is 0 Å². The Morgan fingerprint density at radius 3 is 2.72 bits per heavy atom. The normalized spacial score (nSPS) is 11.5. The zero-order valence-electron chi connectivity index (χ0n) is 11.4. The van der Waals surface area contributed by atoms with Gasteiger partial charge in [0, 0.05) is 25.2 Å². The molecule has 0 saturated carbocycles. The first-order valence-electron chi connectivity index (χ1n) is 6.30. The van der Waals surface area contributed by atoms with Crippen molar-refractivity contribution in [2.75, 3.05) is 20.2 Å². The van der Waals surface area contributed by atoms with E-state index in [4.69, 9.17) is 10.5 Å². The molecule has 0 aromatic heterocycles. The van der Waals surface area contributed by atoms with Crippen molar-refractivity contribution in [3.63, 3.8) is 0 Å². The van der Waals surface area contributed by atoms with Crippen molar-refractivity contribution >= 4 is 0 Å². The maximum atomic E-state index is 13.6. The largest absolute Gasteiger partial charge is 0.377 e. The summed E-state index contributed by atoms with van der Waals surface area (Å²) in [5, 5.41) is 0. The first-order chi connectivity index (χ1) is 8.52. The van der Waals surface area contributed by atoms with Gasteiger partial charge in [-0.1, -0.05) is 12.1 Å². The fraction of sp³-hybridized carbons (Fsp3) is 0.571. The van der Waals surface area contributed by atoms with Crippen LogP contribution in [0.5, 0.6) is 0 Å². The predicted octanol–water partition coefficient (Wildman–Crippen LogP) is 2.14. The second kappa shape index (κ2) is 7.46. The highest BCUT2D eigenvalue weighted by molar-refractivity contribution is 5.24. The van der Waals surface area contributed by atoms with Gasteiger partial charge >= 0.3 is 0 Å². The fourth-order valence-corrected chi connectivity index (χ4v) is 1.69. The Morgan fingerprint density at radius 2 is 2.11 bits per heavy atom. The van der Waals surface area contributed by atoms with E-state index in [2.05, 4.69) is 0 Å². The number of hydrogen-bond donors (Lipinski definition) is 1. The number of nitrogens with zero attached hydrogens (tertiary/aromatic N) is 1. The van der Waals surface area contributed by atoms with Gasteiger partial charge in [-0.05, 0) is 32.5 Å². The number of hydrogen-bond acceptors (Lipinski definition) is 3. The minimum absolute atomic E-state index is 0.177. The molecule has 0 radical (unpaired) electrons. The molecule has 0 aliphatic carbocycles.